The SMILES string of the molecule is COc1ccc(CNC(=O)c2ccc3c(c2)S(=O)(=O)N(Cc2ccc(C(=O)O)cc2)C(=O)N3C)cc1. The third-order valence-corrected chi connectivity index (χ3v) is 7.54. The van der Waals surface area contributed by atoms with Crippen LogP contribution in [-0.2, 0) is 23.1 Å². The van der Waals surface area contributed by atoms with E-state index >= 15 is 0 Å². The fourth-order valence-corrected chi connectivity index (χ4v) is 5.36. The molecule has 0 aliphatic carbocycles. The van der Waals surface area contributed by atoms with E-state index in [1.807, 2.05) is 0 Å². The van der Waals surface area contributed by atoms with Crippen molar-refractivity contribution in [1.29, 1.82) is 0 Å². The largest absolute Gasteiger partial charge is 0.497 e. The number of carbonyl (C=O) groups excluding carboxylic acids is 2. The zero-order valence-electron chi connectivity index (χ0n) is 19.5. The van der Waals surface area contributed by atoms with E-state index in [2.05, 4.69) is 5.32 Å². The lowest BCUT2D eigenvalue weighted by Crippen LogP contribution is -2.48. The summed E-state index contributed by atoms with van der Waals surface area (Å²) in [5, 5.41) is 11.8. The van der Waals surface area contributed by atoms with Crippen LogP contribution < -0.4 is 15.0 Å². The molecular formula is C25H23N3O7S. The highest BCUT2D eigenvalue weighted by Gasteiger charge is 2.40. The van der Waals surface area contributed by atoms with Crippen LogP contribution in [0.3, 0.4) is 0 Å². The quantitative estimate of drug-likeness (QED) is 0.500. The predicted octanol–water partition coefficient (Wildman–Crippen LogP) is 3.08. The van der Waals surface area contributed by atoms with Crippen molar-refractivity contribution in [3.63, 3.8) is 0 Å². The van der Waals surface area contributed by atoms with Gasteiger partial charge in [-0.1, -0.05) is 24.3 Å². The lowest BCUT2D eigenvalue weighted by molar-refractivity contribution is 0.0696. The molecule has 3 aromatic carbocycles. The maximum atomic E-state index is 13.4. The van der Waals surface area contributed by atoms with Crippen LogP contribution in [0.4, 0.5) is 10.5 Å². The number of hydrogen-bond acceptors (Lipinski definition) is 6. The number of nitrogens with zero attached hydrogens (tertiary/aromatic N) is 2. The van der Waals surface area contributed by atoms with Crippen LogP contribution in [0.1, 0.15) is 31.8 Å². The number of sulfonamides is 1. The molecule has 0 atom stereocenters. The Morgan fingerprint density at radius 2 is 1.56 bits per heavy atom. The number of aromatic carboxylic acids is 1. The topological polar surface area (TPSA) is 133 Å². The number of amides is 3. The van der Waals surface area contributed by atoms with E-state index in [4.69, 9.17) is 9.84 Å². The van der Waals surface area contributed by atoms with Crippen molar-refractivity contribution in [2.24, 2.45) is 0 Å². The van der Waals surface area contributed by atoms with Gasteiger partial charge in [-0.15, -0.1) is 0 Å². The molecule has 3 aromatic rings. The average Bonchev–Trinajstić information content (AvgIpc) is 2.89. The first-order valence-corrected chi connectivity index (χ1v) is 12.2. The van der Waals surface area contributed by atoms with Gasteiger partial charge in [0.2, 0.25) is 0 Å². The Kier molecular flexibility index (Phi) is 6.67. The summed E-state index contributed by atoms with van der Waals surface area (Å²) < 4.78 is 32.6. The normalized spacial score (nSPS) is 14.2. The number of hydrogen-bond donors (Lipinski definition) is 2. The number of carboxylic acids is 1. The molecule has 0 radical (unpaired) electrons. The monoisotopic (exact) mass is 509 g/mol. The number of anilines is 1. The van der Waals surface area contributed by atoms with Gasteiger partial charge in [0.25, 0.3) is 15.9 Å². The lowest BCUT2D eigenvalue weighted by Gasteiger charge is -2.34. The van der Waals surface area contributed by atoms with Gasteiger partial charge >= 0.3 is 12.0 Å². The summed E-state index contributed by atoms with van der Waals surface area (Å²) in [6.45, 7) is -0.0672. The lowest BCUT2D eigenvalue weighted by atomic mass is 10.1. The predicted molar refractivity (Wildman–Crippen MR) is 131 cm³/mol. The molecule has 10 nitrogen and oxygen atoms in total. The highest BCUT2D eigenvalue weighted by Crippen LogP contribution is 2.35. The first-order valence-electron chi connectivity index (χ1n) is 10.8. The summed E-state index contributed by atoms with van der Waals surface area (Å²) in [5.74, 6) is -0.903. The van der Waals surface area contributed by atoms with Crippen molar-refractivity contribution in [3.8, 4) is 5.75 Å². The Hall–Kier alpha value is -4.38. The van der Waals surface area contributed by atoms with E-state index in [1.54, 1.807) is 31.4 Å². The molecule has 0 unspecified atom stereocenters. The second kappa shape index (κ2) is 9.70. The number of benzene rings is 3. The van der Waals surface area contributed by atoms with Crippen molar-refractivity contribution in [1.82, 2.24) is 9.62 Å². The van der Waals surface area contributed by atoms with Gasteiger partial charge in [-0.25, -0.2) is 22.3 Å². The summed E-state index contributed by atoms with van der Waals surface area (Å²) >= 11 is 0. The highest BCUT2D eigenvalue weighted by molar-refractivity contribution is 7.90. The molecule has 1 aliphatic rings. The molecule has 36 heavy (non-hydrogen) atoms. The van der Waals surface area contributed by atoms with Gasteiger partial charge in [-0.2, -0.15) is 0 Å². The van der Waals surface area contributed by atoms with E-state index in [9.17, 15) is 22.8 Å². The van der Waals surface area contributed by atoms with Gasteiger partial charge in [0, 0.05) is 19.2 Å². The van der Waals surface area contributed by atoms with Crippen molar-refractivity contribution < 1.29 is 32.6 Å². The zero-order valence-corrected chi connectivity index (χ0v) is 20.3. The van der Waals surface area contributed by atoms with Crippen LogP contribution in [0.25, 0.3) is 0 Å². The minimum Gasteiger partial charge on any atom is -0.497 e. The minimum atomic E-state index is -4.29. The number of ether oxygens (including phenoxy) is 1. The first kappa shape index (κ1) is 24.7. The fourth-order valence-electron chi connectivity index (χ4n) is 3.73. The average molecular weight is 510 g/mol. The summed E-state index contributed by atoms with van der Waals surface area (Å²) in [6.07, 6.45) is 0. The summed E-state index contributed by atoms with van der Waals surface area (Å²) in [6, 6.07) is 16.1. The number of carbonyl (C=O) groups is 3. The molecule has 0 bridgehead atoms. The molecule has 2 N–H and O–H groups in total. The standard InChI is InChI=1S/C25H23N3O7S/c1-27-21-12-9-19(23(29)26-14-16-5-10-20(35-2)11-6-16)13-22(21)36(33,34)28(25(27)32)15-17-3-7-18(8-4-17)24(30)31/h3-13H,14-15H2,1-2H3,(H,26,29)(H,30,31). The number of nitrogens with one attached hydrogen (secondary N) is 1. The number of fused-ring (bicyclic) bond motifs is 1. The molecule has 0 spiro atoms. The fraction of sp³-hybridized carbons (Fsp3) is 0.160. The molecule has 186 valence electrons. The Labute approximate surface area is 207 Å². The first-order chi connectivity index (χ1) is 17.1. The van der Waals surface area contributed by atoms with Crippen molar-refractivity contribution in [3.05, 3.63) is 89.0 Å². The van der Waals surface area contributed by atoms with Gasteiger partial charge in [0.15, 0.2) is 0 Å². The Morgan fingerprint density at radius 3 is 2.17 bits per heavy atom. The third kappa shape index (κ3) is 4.73. The van der Waals surface area contributed by atoms with E-state index in [0.29, 0.717) is 15.6 Å². The van der Waals surface area contributed by atoms with Crippen LogP contribution in [0.15, 0.2) is 71.6 Å². The Balaban J connectivity index is 1.58. The van der Waals surface area contributed by atoms with Gasteiger partial charge in [0.1, 0.15) is 10.6 Å². The molecule has 11 heteroatoms. The van der Waals surface area contributed by atoms with Crippen molar-refractivity contribution >= 4 is 33.6 Å². The molecular weight excluding hydrogens is 486 g/mol. The van der Waals surface area contributed by atoms with E-state index in [1.165, 1.54) is 54.4 Å². The van der Waals surface area contributed by atoms with Crippen molar-refractivity contribution in [2.75, 3.05) is 19.1 Å². The molecule has 1 aliphatic heterocycles. The van der Waals surface area contributed by atoms with E-state index in [0.717, 1.165) is 5.56 Å². The maximum absolute atomic E-state index is 13.4. The molecule has 0 aromatic heterocycles. The van der Waals surface area contributed by atoms with Gasteiger partial charge in [-0.3, -0.25) is 9.69 Å². The van der Waals surface area contributed by atoms with Crippen LogP contribution in [0.2, 0.25) is 0 Å². The molecule has 3 amide bonds. The number of carboxylic acid groups (broad SMARTS) is 1. The van der Waals surface area contributed by atoms with Crippen LogP contribution in [0.5, 0.6) is 5.75 Å². The second-order valence-corrected chi connectivity index (χ2v) is 9.90. The maximum Gasteiger partial charge on any atom is 0.338 e. The van der Waals surface area contributed by atoms with Gasteiger partial charge < -0.3 is 15.2 Å². The highest BCUT2D eigenvalue weighted by atomic mass is 32.2. The smallest absolute Gasteiger partial charge is 0.338 e. The number of urea groups is 1. The molecule has 4 rings (SSSR count). The van der Waals surface area contributed by atoms with Gasteiger partial charge in [-0.05, 0) is 53.6 Å². The van der Waals surface area contributed by atoms with Crippen molar-refractivity contribution in [2.45, 2.75) is 18.0 Å². The molecule has 0 saturated carbocycles. The van der Waals surface area contributed by atoms with Crippen LogP contribution >= 0.6 is 0 Å². The Bertz CT molecular complexity index is 1440. The van der Waals surface area contributed by atoms with Gasteiger partial charge in [0.05, 0.1) is 24.9 Å². The third-order valence-electron chi connectivity index (χ3n) is 5.79. The number of rotatable bonds is 7. The van der Waals surface area contributed by atoms with E-state index in [-0.39, 0.29) is 34.8 Å². The minimum absolute atomic E-state index is 0.0411. The van der Waals surface area contributed by atoms with Crippen LogP contribution in [0, 0.1) is 0 Å². The molecule has 0 saturated heterocycles. The summed E-state index contributed by atoms with van der Waals surface area (Å²) in [5.41, 5.74) is 1.59. The second-order valence-electron chi connectivity index (χ2n) is 8.07. The molecule has 1 heterocycles. The number of methoxy groups -OCH3 is 1. The van der Waals surface area contributed by atoms with E-state index < -0.39 is 27.9 Å². The zero-order chi connectivity index (χ0) is 26.0. The van der Waals surface area contributed by atoms with Crippen LogP contribution in [-0.4, -0.2) is 49.9 Å². The summed E-state index contributed by atoms with van der Waals surface area (Å²) in [7, 11) is -1.29. The Morgan fingerprint density at radius 1 is 0.944 bits per heavy atom. The summed E-state index contributed by atoms with van der Waals surface area (Å²) in [4.78, 5) is 37.8. The molecule has 0 fully saturated rings.